The minimum absolute atomic E-state index is 0.0104. The Morgan fingerprint density at radius 3 is 2.31 bits per heavy atom. The number of piperidine rings is 1. The summed E-state index contributed by atoms with van der Waals surface area (Å²) in [5, 5.41) is 2.82. The molecule has 1 aliphatic carbocycles. The number of nitrogens with zero attached hydrogens (tertiary/aromatic N) is 1. The van der Waals surface area contributed by atoms with Crippen molar-refractivity contribution in [1.29, 1.82) is 0 Å². The van der Waals surface area contributed by atoms with Crippen LogP contribution in [0.1, 0.15) is 32.1 Å². The van der Waals surface area contributed by atoms with Crippen LogP contribution in [0, 0.1) is 11.8 Å². The van der Waals surface area contributed by atoms with E-state index in [1.54, 1.807) is 12.1 Å². The summed E-state index contributed by atoms with van der Waals surface area (Å²) in [6.45, 7) is 0.519. The number of nitrogens with one attached hydrogen (secondary N) is 1. The predicted molar refractivity (Wildman–Crippen MR) is 95.9 cm³/mol. The number of benzene rings is 1. The summed E-state index contributed by atoms with van der Waals surface area (Å²) < 4.78 is 31.7. The Hall–Kier alpha value is -1.93. The maximum absolute atomic E-state index is 12.8. The minimum Gasteiger partial charge on any atom is -0.469 e. The molecule has 2 fully saturated rings. The Morgan fingerprint density at radius 2 is 1.73 bits per heavy atom. The number of sulfonamides is 1. The molecule has 1 saturated heterocycles. The van der Waals surface area contributed by atoms with Gasteiger partial charge in [-0.25, -0.2) is 8.42 Å². The zero-order valence-corrected chi connectivity index (χ0v) is 15.6. The summed E-state index contributed by atoms with van der Waals surface area (Å²) in [4.78, 5) is 23.9. The maximum atomic E-state index is 12.8. The third kappa shape index (κ3) is 3.91. The fraction of sp³-hybridized carbons (Fsp3) is 0.556. The van der Waals surface area contributed by atoms with Gasteiger partial charge in [-0.1, -0.05) is 6.42 Å². The minimum atomic E-state index is -3.68. The average molecular weight is 380 g/mol. The number of rotatable bonds is 5. The van der Waals surface area contributed by atoms with E-state index in [2.05, 4.69) is 5.32 Å². The van der Waals surface area contributed by atoms with E-state index in [0.717, 1.165) is 19.3 Å². The fourth-order valence-electron chi connectivity index (χ4n) is 3.29. The van der Waals surface area contributed by atoms with E-state index >= 15 is 0 Å². The second-order valence-electron chi connectivity index (χ2n) is 6.87. The normalized spacial score (nSPS) is 21.7. The Labute approximate surface area is 153 Å². The molecule has 1 aromatic rings. The zero-order chi connectivity index (χ0) is 18.7. The predicted octanol–water partition coefficient (Wildman–Crippen LogP) is 2.00. The van der Waals surface area contributed by atoms with Gasteiger partial charge >= 0.3 is 5.97 Å². The van der Waals surface area contributed by atoms with E-state index in [9.17, 15) is 18.0 Å². The van der Waals surface area contributed by atoms with Gasteiger partial charge in [0.25, 0.3) is 0 Å². The summed E-state index contributed by atoms with van der Waals surface area (Å²) in [6.07, 6.45) is 4.15. The first-order valence-corrected chi connectivity index (χ1v) is 10.3. The molecule has 0 radical (unpaired) electrons. The van der Waals surface area contributed by atoms with Gasteiger partial charge in [-0.15, -0.1) is 0 Å². The molecule has 142 valence electrons. The molecule has 1 saturated carbocycles. The van der Waals surface area contributed by atoms with Crippen LogP contribution in [0.15, 0.2) is 29.2 Å². The van der Waals surface area contributed by atoms with E-state index in [0.29, 0.717) is 25.1 Å². The molecule has 3 rings (SSSR count). The molecule has 26 heavy (non-hydrogen) atoms. The number of esters is 1. The lowest BCUT2D eigenvalue weighted by Gasteiger charge is -2.30. The third-order valence-corrected chi connectivity index (χ3v) is 7.03. The largest absolute Gasteiger partial charge is 0.469 e. The van der Waals surface area contributed by atoms with Crippen LogP contribution in [0.5, 0.6) is 0 Å². The number of hydrogen-bond acceptors (Lipinski definition) is 5. The van der Waals surface area contributed by atoms with Crippen LogP contribution in [-0.4, -0.2) is 44.8 Å². The lowest BCUT2D eigenvalue weighted by molar-refractivity contribution is -0.146. The van der Waals surface area contributed by atoms with Gasteiger partial charge in [0.05, 0.1) is 17.9 Å². The highest BCUT2D eigenvalue weighted by molar-refractivity contribution is 7.89. The quantitative estimate of drug-likeness (QED) is 0.789. The van der Waals surface area contributed by atoms with Crippen LogP contribution < -0.4 is 5.32 Å². The van der Waals surface area contributed by atoms with Crippen LogP contribution >= 0.6 is 0 Å². The first-order valence-electron chi connectivity index (χ1n) is 8.90. The van der Waals surface area contributed by atoms with E-state index in [4.69, 9.17) is 4.74 Å². The van der Waals surface area contributed by atoms with Crippen molar-refractivity contribution in [3.8, 4) is 0 Å². The molecule has 1 unspecified atom stereocenters. The molecule has 2 aliphatic rings. The van der Waals surface area contributed by atoms with Crippen LogP contribution in [-0.2, 0) is 24.3 Å². The van der Waals surface area contributed by atoms with Crippen molar-refractivity contribution in [2.75, 3.05) is 25.5 Å². The highest BCUT2D eigenvalue weighted by atomic mass is 32.2. The van der Waals surface area contributed by atoms with E-state index in [1.807, 2.05) is 0 Å². The summed E-state index contributed by atoms with van der Waals surface area (Å²) in [7, 11) is -2.37. The van der Waals surface area contributed by atoms with Crippen LogP contribution in [0.4, 0.5) is 5.69 Å². The van der Waals surface area contributed by atoms with Gasteiger partial charge in [0, 0.05) is 24.7 Å². The van der Waals surface area contributed by atoms with Crippen molar-refractivity contribution < 1.29 is 22.7 Å². The summed E-state index contributed by atoms with van der Waals surface area (Å²) in [5.74, 6) is -0.741. The first-order chi connectivity index (χ1) is 12.4. The second-order valence-corrected chi connectivity index (χ2v) is 8.80. The van der Waals surface area contributed by atoms with Gasteiger partial charge in [-0.2, -0.15) is 4.31 Å². The van der Waals surface area contributed by atoms with Crippen molar-refractivity contribution >= 4 is 27.6 Å². The maximum Gasteiger partial charge on any atom is 0.309 e. The molecule has 0 aromatic heterocycles. The topological polar surface area (TPSA) is 92.8 Å². The molecule has 0 spiro atoms. The van der Waals surface area contributed by atoms with Gasteiger partial charge in [0.1, 0.15) is 0 Å². The fourth-order valence-corrected chi connectivity index (χ4v) is 4.82. The molecule has 1 aliphatic heterocycles. The summed E-state index contributed by atoms with van der Waals surface area (Å²) in [6, 6.07) is 6.19. The highest BCUT2D eigenvalue weighted by Gasteiger charge is 2.33. The van der Waals surface area contributed by atoms with Crippen LogP contribution in [0.3, 0.4) is 0 Å². The van der Waals surface area contributed by atoms with Gasteiger partial charge in [-0.05, 0) is 49.9 Å². The number of amides is 1. The highest BCUT2D eigenvalue weighted by Crippen LogP contribution is 2.28. The molecular formula is C18H24N2O5S. The number of anilines is 1. The van der Waals surface area contributed by atoms with E-state index in [1.165, 1.54) is 23.5 Å². The lowest BCUT2D eigenvalue weighted by atomic mass is 9.85. The van der Waals surface area contributed by atoms with Crippen molar-refractivity contribution in [2.45, 2.75) is 37.0 Å². The summed E-state index contributed by atoms with van der Waals surface area (Å²) in [5.41, 5.74) is 0.590. The van der Waals surface area contributed by atoms with Gasteiger partial charge in [0.2, 0.25) is 15.9 Å². The lowest BCUT2D eigenvalue weighted by Crippen LogP contribution is -2.42. The van der Waals surface area contributed by atoms with E-state index < -0.39 is 15.9 Å². The molecule has 1 aromatic carbocycles. The first kappa shape index (κ1) is 18.8. The molecule has 7 nitrogen and oxygen atoms in total. The number of hydrogen-bond donors (Lipinski definition) is 1. The van der Waals surface area contributed by atoms with Crippen molar-refractivity contribution in [3.05, 3.63) is 24.3 Å². The molecule has 1 heterocycles. The molecule has 1 N–H and O–H groups in total. The molecular weight excluding hydrogens is 356 g/mol. The summed E-state index contributed by atoms with van der Waals surface area (Å²) >= 11 is 0. The molecule has 1 atom stereocenters. The monoisotopic (exact) mass is 380 g/mol. The second kappa shape index (κ2) is 7.75. The Bertz CT molecular complexity index is 771. The van der Waals surface area contributed by atoms with Gasteiger partial charge in [-0.3, -0.25) is 9.59 Å². The van der Waals surface area contributed by atoms with Crippen LogP contribution in [0.25, 0.3) is 0 Å². The number of carbonyl (C=O) groups is 2. The molecule has 1 amide bonds. The van der Waals surface area contributed by atoms with Gasteiger partial charge < -0.3 is 10.1 Å². The zero-order valence-electron chi connectivity index (χ0n) is 14.8. The van der Waals surface area contributed by atoms with Crippen molar-refractivity contribution in [2.24, 2.45) is 11.8 Å². The number of ether oxygens (including phenoxy) is 1. The molecule has 8 heteroatoms. The Morgan fingerprint density at radius 1 is 1.08 bits per heavy atom. The number of carbonyl (C=O) groups excluding carboxylic acids is 2. The van der Waals surface area contributed by atoms with Crippen molar-refractivity contribution in [3.63, 3.8) is 0 Å². The smallest absolute Gasteiger partial charge is 0.309 e. The third-order valence-electron chi connectivity index (χ3n) is 5.15. The Kier molecular flexibility index (Phi) is 5.62. The standard InChI is InChI=1S/C18H24N2O5S/c1-25-18(22)14-6-3-11-20(12-14)26(23,24)16-9-7-15(8-10-16)19-17(21)13-4-2-5-13/h7-10,13-14H,2-6,11-12H2,1H3,(H,19,21). The molecule has 0 bridgehead atoms. The average Bonchev–Trinajstić information content (AvgIpc) is 2.60. The number of methoxy groups -OCH3 is 1. The SMILES string of the molecule is COC(=O)C1CCCN(S(=O)(=O)c2ccc(NC(=O)C3CCC3)cc2)C1. The van der Waals surface area contributed by atoms with E-state index in [-0.39, 0.29) is 29.2 Å². The van der Waals surface area contributed by atoms with Crippen molar-refractivity contribution in [1.82, 2.24) is 4.31 Å². The van der Waals surface area contributed by atoms with Gasteiger partial charge in [0.15, 0.2) is 0 Å². The van der Waals surface area contributed by atoms with Crippen LogP contribution in [0.2, 0.25) is 0 Å². The Balaban J connectivity index is 1.68.